The fourth-order valence-electron chi connectivity index (χ4n) is 2.90. The van der Waals surface area contributed by atoms with E-state index in [1.54, 1.807) is 11.3 Å². The molecule has 0 saturated carbocycles. The normalized spacial score (nSPS) is 16.5. The number of nitrogens with one attached hydrogen (secondary N) is 2. The summed E-state index contributed by atoms with van der Waals surface area (Å²) in [4.78, 5) is 9.38. The highest BCUT2D eigenvalue weighted by Gasteiger charge is 2.21. The fourth-order valence-corrected chi connectivity index (χ4v) is 3.77. The summed E-state index contributed by atoms with van der Waals surface area (Å²) in [6.45, 7) is 8.75. The Morgan fingerprint density at radius 3 is 2.92 bits per heavy atom. The van der Waals surface area contributed by atoms with Gasteiger partial charge in [-0.05, 0) is 18.6 Å². The first-order valence-corrected chi connectivity index (χ1v) is 10.2. The van der Waals surface area contributed by atoms with Crippen molar-refractivity contribution in [2.24, 2.45) is 4.99 Å². The number of ether oxygens (including phenoxy) is 1. The van der Waals surface area contributed by atoms with Gasteiger partial charge in [0.1, 0.15) is 11.9 Å². The number of guanidine groups is 1. The molecule has 2 N–H and O–H groups in total. The Morgan fingerprint density at radius 1 is 1.35 bits per heavy atom. The van der Waals surface area contributed by atoms with Crippen molar-refractivity contribution in [2.45, 2.75) is 45.6 Å². The van der Waals surface area contributed by atoms with Crippen LogP contribution in [0.5, 0.6) is 5.75 Å². The van der Waals surface area contributed by atoms with Crippen molar-refractivity contribution in [1.82, 2.24) is 15.6 Å². The highest BCUT2D eigenvalue weighted by Crippen LogP contribution is 2.28. The van der Waals surface area contributed by atoms with Crippen molar-refractivity contribution in [3.63, 3.8) is 0 Å². The van der Waals surface area contributed by atoms with Crippen LogP contribution in [-0.4, -0.2) is 36.7 Å². The van der Waals surface area contributed by atoms with Crippen LogP contribution in [-0.2, 0) is 12.8 Å². The Labute approximate surface area is 159 Å². The van der Waals surface area contributed by atoms with Crippen LogP contribution in [0.25, 0.3) is 0 Å². The van der Waals surface area contributed by atoms with Gasteiger partial charge in [0.15, 0.2) is 5.96 Å². The van der Waals surface area contributed by atoms with Crippen LogP contribution in [0.3, 0.4) is 0 Å². The van der Waals surface area contributed by atoms with Gasteiger partial charge in [0.25, 0.3) is 0 Å². The van der Waals surface area contributed by atoms with E-state index in [-0.39, 0.29) is 6.10 Å². The second-order valence-electron chi connectivity index (χ2n) is 6.78. The highest BCUT2D eigenvalue weighted by atomic mass is 32.1. The van der Waals surface area contributed by atoms with Crippen LogP contribution in [0.15, 0.2) is 34.6 Å². The Kier molecular flexibility index (Phi) is 6.50. The van der Waals surface area contributed by atoms with Gasteiger partial charge in [0.2, 0.25) is 0 Å². The number of benzene rings is 1. The molecule has 5 nitrogen and oxygen atoms in total. The summed E-state index contributed by atoms with van der Waals surface area (Å²) < 4.78 is 5.96. The molecule has 0 saturated heterocycles. The number of nitrogens with zero attached hydrogens (tertiary/aromatic N) is 2. The van der Waals surface area contributed by atoms with Crippen LogP contribution >= 0.6 is 11.3 Å². The van der Waals surface area contributed by atoms with Crippen LogP contribution in [0.1, 0.15) is 43.0 Å². The number of aliphatic imine (C=N–C) groups is 1. The van der Waals surface area contributed by atoms with Gasteiger partial charge >= 0.3 is 0 Å². The van der Waals surface area contributed by atoms with Crippen molar-refractivity contribution < 1.29 is 4.74 Å². The zero-order chi connectivity index (χ0) is 18.4. The first-order valence-electron chi connectivity index (χ1n) is 9.36. The van der Waals surface area contributed by atoms with Gasteiger partial charge in [0, 0.05) is 37.2 Å². The summed E-state index contributed by atoms with van der Waals surface area (Å²) >= 11 is 1.75. The molecule has 1 aliphatic rings. The van der Waals surface area contributed by atoms with E-state index in [0.717, 1.165) is 43.3 Å². The number of hydrogen-bond acceptors (Lipinski definition) is 4. The van der Waals surface area contributed by atoms with Gasteiger partial charge in [-0.2, -0.15) is 0 Å². The Hall–Kier alpha value is -2.08. The van der Waals surface area contributed by atoms with Crippen molar-refractivity contribution in [3.05, 3.63) is 45.9 Å². The molecule has 3 rings (SSSR count). The maximum absolute atomic E-state index is 5.96. The standard InChI is InChI=1S/C20H28N4OS/c1-4-21-20(22-10-9-16-13-26-19(24-16)14(2)3)23-12-17-11-15-7-5-6-8-18(15)25-17/h5-8,13-14,17H,4,9-12H2,1-3H3,(H2,21,22,23). The van der Waals surface area contributed by atoms with Gasteiger partial charge in [-0.15, -0.1) is 11.3 Å². The SMILES string of the molecule is CCNC(=NCC1Cc2ccccc2O1)NCCc1csc(C(C)C)n1. The molecule has 1 aromatic heterocycles. The molecule has 0 radical (unpaired) electrons. The Balaban J connectivity index is 1.48. The maximum atomic E-state index is 5.96. The molecule has 1 atom stereocenters. The van der Waals surface area contributed by atoms with E-state index in [0.29, 0.717) is 12.5 Å². The number of rotatable bonds is 7. The van der Waals surface area contributed by atoms with Crippen LogP contribution in [0, 0.1) is 0 Å². The summed E-state index contributed by atoms with van der Waals surface area (Å²) in [5.41, 5.74) is 2.42. The summed E-state index contributed by atoms with van der Waals surface area (Å²) in [6, 6.07) is 8.23. The molecule has 140 valence electrons. The molecule has 0 amide bonds. The zero-order valence-electron chi connectivity index (χ0n) is 15.8. The molecule has 0 fully saturated rings. The van der Waals surface area contributed by atoms with Crippen LogP contribution in [0.2, 0.25) is 0 Å². The van der Waals surface area contributed by atoms with Gasteiger partial charge in [-0.3, -0.25) is 0 Å². The van der Waals surface area contributed by atoms with E-state index < -0.39 is 0 Å². The minimum absolute atomic E-state index is 0.120. The molecule has 1 aliphatic heterocycles. The quantitative estimate of drug-likeness (QED) is 0.578. The number of aromatic nitrogens is 1. The Bertz CT molecular complexity index is 716. The van der Waals surface area contributed by atoms with E-state index in [2.05, 4.69) is 53.9 Å². The third-order valence-electron chi connectivity index (χ3n) is 4.25. The first kappa shape index (κ1) is 18.7. The molecule has 1 aromatic carbocycles. The van der Waals surface area contributed by atoms with E-state index in [4.69, 9.17) is 9.73 Å². The predicted octanol–water partition coefficient (Wildman–Crippen LogP) is 3.37. The molecule has 0 spiro atoms. The molecule has 2 aromatic rings. The molecule has 6 heteroatoms. The fraction of sp³-hybridized carbons (Fsp3) is 0.500. The molecular weight excluding hydrogens is 344 g/mol. The lowest BCUT2D eigenvalue weighted by Gasteiger charge is -2.13. The maximum Gasteiger partial charge on any atom is 0.191 e. The summed E-state index contributed by atoms with van der Waals surface area (Å²) in [7, 11) is 0. The lowest BCUT2D eigenvalue weighted by Crippen LogP contribution is -2.39. The third kappa shape index (κ3) is 4.97. The molecule has 26 heavy (non-hydrogen) atoms. The third-order valence-corrected chi connectivity index (χ3v) is 5.44. The number of thiazole rings is 1. The molecule has 0 bridgehead atoms. The monoisotopic (exact) mass is 372 g/mol. The van der Waals surface area contributed by atoms with Gasteiger partial charge in [0.05, 0.1) is 17.2 Å². The molecule has 2 heterocycles. The first-order chi connectivity index (χ1) is 12.7. The second kappa shape index (κ2) is 9.03. The summed E-state index contributed by atoms with van der Waals surface area (Å²) in [5.74, 6) is 2.33. The van der Waals surface area contributed by atoms with Gasteiger partial charge < -0.3 is 15.4 Å². The summed E-state index contributed by atoms with van der Waals surface area (Å²) in [6.07, 6.45) is 1.95. The van der Waals surface area contributed by atoms with E-state index in [1.165, 1.54) is 10.6 Å². The second-order valence-corrected chi connectivity index (χ2v) is 7.67. The molecule has 1 unspecified atom stereocenters. The van der Waals surface area contributed by atoms with E-state index >= 15 is 0 Å². The van der Waals surface area contributed by atoms with Crippen LogP contribution in [0.4, 0.5) is 0 Å². The van der Waals surface area contributed by atoms with Crippen molar-refractivity contribution >= 4 is 17.3 Å². The summed E-state index contributed by atoms with van der Waals surface area (Å²) in [5, 5.41) is 10.1. The minimum atomic E-state index is 0.120. The molecular formula is C20H28N4OS. The lowest BCUT2D eigenvalue weighted by atomic mass is 10.1. The largest absolute Gasteiger partial charge is 0.488 e. The molecule has 0 aliphatic carbocycles. The zero-order valence-corrected chi connectivity index (χ0v) is 16.6. The van der Waals surface area contributed by atoms with Crippen molar-refractivity contribution in [3.8, 4) is 5.75 Å². The van der Waals surface area contributed by atoms with Gasteiger partial charge in [-0.1, -0.05) is 32.0 Å². The highest BCUT2D eigenvalue weighted by molar-refractivity contribution is 7.09. The predicted molar refractivity (Wildman–Crippen MR) is 108 cm³/mol. The van der Waals surface area contributed by atoms with E-state index in [1.807, 2.05) is 12.1 Å². The van der Waals surface area contributed by atoms with Gasteiger partial charge in [-0.25, -0.2) is 9.98 Å². The van der Waals surface area contributed by atoms with Crippen LogP contribution < -0.4 is 15.4 Å². The van der Waals surface area contributed by atoms with Crippen molar-refractivity contribution in [2.75, 3.05) is 19.6 Å². The smallest absolute Gasteiger partial charge is 0.191 e. The number of para-hydroxylation sites is 1. The number of hydrogen-bond donors (Lipinski definition) is 2. The lowest BCUT2D eigenvalue weighted by molar-refractivity contribution is 0.241. The minimum Gasteiger partial charge on any atom is -0.488 e. The van der Waals surface area contributed by atoms with Crippen molar-refractivity contribution in [1.29, 1.82) is 0 Å². The Morgan fingerprint density at radius 2 is 2.19 bits per heavy atom. The topological polar surface area (TPSA) is 58.5 Å². The number of fused-ring (bicyclic) bond motifs is 1. The average Bonchev–Trinajstić information content (AvgIpc) is 3.26. The average molecular weight is 373 g/mol. The van der Waals surface area contributed by atoms with E-state index in [9.17, 15) is 0 Å².